The number of amides is 2. The van der Waals surface area contributed by atoms with Gasteiger partial charge < -0.3 is 14.8 Å². The monoisotopic (exact) mass is 469 g/mol. The number of rotatable bonds is 9. The minimum Gasteiger partial charge on any atom is -0.494 e. The van der Waals surface area contributed by atoms with E-state index in [1.165, 1.54) is 11.8 Å². The van der Waals surface area contributed by atoms with Gasteiger partial charge in [0.05, 0.1) is 24.5 Å². The Bertz CT molecular complexity index is 1040. The van der Waals surface area contributed by atoms with Crippen molar-refractivity contribution in [2.24, 2.45) is 4.99 Å². The van der Waals surface area contributed by atoms with Gasteiger partial charge in [0.1, 0.15) is 11.0 Å². The number of carbonyl (C=O) groups is 3. The summed E-state index contributed by atoms with van der Waals surface area (Å²) in [5.74, 6) is -0.134. The predicted octanol–water partition coefficient (Wildman–Crippen LogP) is 4.24. The molecule has 0 bridgehead atoms. The third kappa shape index (κ3) is 6.35. The van der Waals surface area contributed by atoms with Gasteiger partial charge in [0.2, 0.25) is 11.8 Å². The van der Waals surface area contributed by atoms with Crippen LogP contribution in [0.2, 0.25) is 0 Å². The number of amidine groups is 1. The molecule has 33 heavy (non-hydrogen) atoms. The van der Waals surface area contributed by atoms with Gasteiger partial charge in [-0.2, -0.15) is 0 Å². The quantitative estimate of drug-likeness (QED) is 0.552. The maximum absolute atomic E-state index is 12.8. The fraction of sp³-hybridized carbons (Fsp3) is 0.333. The van der Waals surface area contributed by atoms with Crippen LogP contribution in [0, 0.1) is 0 Å². The van der Waals surface area contributed by atoms with Crippen molar-refractivity contribution in [1.82, 2.24) is 4.90 Å². The van der Waals surface area contributed by atoms with Crippen LogP contribution in [0.15, 0.2) is 53.5 Å². The van der Waals surface area contributed by atoms with E-state index in [2.05, 4.69) is 10.3 Å². The smallest absolute Gasteiger partial charge is 0.338 e. The van der Waals surface area contributed by atoms with Crippen molar-refractivity contribution >= 4 is 46.1 Å². The van der Waals surface area contributed by atoms with Gasteiger partial charge in [-0.05, 0) is 57.2 Å². The molecule has 174 valence electrons. The van der Waals surface area contributed by atoms with E-state index in [4.69, 9.17) is 9.47 Å². The first-order valence-corrected chi connectivity index (χ1v) is 11.7. The molecule has 1 fully saturated rings. The molecule has 2 aromatic rings. The molecule has 0 saturated carbocycles. The minimum atomic E-state index is -0.558. The number of aliphatic imine (C=N–C) groups is 1. The lowest BCUT2D eigenvalue weighted by Crippen LogP contribution is -2.33. The van der Waals surface area contributed by atoms with Gasteiger partial charge in [-0.15, -0.1) is 0 Å². The summed E-state index contributed by atoms with van der Waals surface area (Å²) in [6.45, 7) is 6.78. The van der Waals surface area contributed by atoms with Crippen LogP contribution in [-0.4, -0.2) is 52.9 Å². The van der Waals surface area contributed by atoms with Crippen molar-refractivity contribution < 1.29 is 23.9 Å². The van der Waals surface area contributed by atoms with Gasteiger partial charge in [0, 0.05) is 24.7 Å². The third-order valence-electron chi connectivity index (χ3n) is 4.74. The van der Waals surface area contributed by atoms with Crippen LogP contribution in [0.5, 0.6) is 5.75 Å². The molecule has 1 aliphatic heterocycles. The highest BCUT2D eigenvalue weighted by Gasteiger charge is 2.38. The van der Waals surface area contributed by atoms with Gasteiger partial charge in [0.25, 0.3) is 0 Å². The molecule has 1 aliphatic rings. The summed E-state index contributed by atoms with van der Waals surface area (Å²) in [5, 5.41) is 2.80. The fourth-order valence-electron chi connectivity index (χ4n) is 3.22. The predicted molar refractivity (Wildman–Crippen MR) is 129 cm³/mol. The molecule has 2 aromatic carbocycles. The van der Waals surface area contributed by atoms with Gasteiger partial charge in [0.15, 0.2) is 5.17 Å². The van der Waals surface area contributed by atoms with Crippen molar-refractivity contribution in [2.45, 2.75) is 32.4 Å². The van der Waals surface area contributed by atoms with E-state index in [1.807, 2.05) is 19.9 Å². The molecule has 0 spiro atoms. The molecular formula is C24H27N3O5S. The number of nitrogens with one attached hydrogen (secondary N) is 1. The second-order valence-corrected chi connectivity index (χ2v) is 8.23. The molecule has 1 atom stereocenters. The first-order valence-electron chi connectivity index (χ1n) is 10.8. The van der Waals surface area contributed by atoms with Crippen LogP contribution >= 0.6 is 11.8 Å². The summed E-state index contributed by atoms with van der Waals surface area (Å²) in [4.78, 5) is 43.4. The summed E-state index contributed by atoms with van der Waals surface area (Å²) in [6, 6.07) is 13.8. The minimum absolute atomic E-state index is 0.0275. The summed E-state index contributed by atoms with van der Waals surface area (Å²) >= 11 is 1.26. The van der Waals surface area contributed by atoms with Crippen LogP contribution in [-0.2, 0) is 14.3 Å². The van der Waals surface area contributed by atoms with Gasteiger partial charge >= 0.3 is 5.97 Å². The van der Waals surface area contributed by atoms with Crippen LogP contribution in [0.4, 0.5) is 11.4 Å². The Balaban J connectivity index is 1.67. The molecule has 1 unspecified atom stereocenters. The highest BCUT2D eigenvalue weighted by Crippen LogP contribution is 2.32. The van der Waals surface area contributed by atoms with Crippen molar-refractivity contribution in [3.8, 4) is 5.75 Å². The first kappa shape index (κ1) is 24.3. The van der Waals surface area contributed by atoms with Crippen molar-refractivity contribution in [2.75, 3.05) is 25.1 Å². The molecule has 0 aromatic heterocycles. The average Bonchev–Trinajstić information content (AvgIpc) is 3.08. The zero-order valence-electron chi connectivity index (χ0n) is 18.9. The topological polar surface area (TPSA) is 97.3 Å². The summed E-state index contributed by atoms with van der Waals surface area (Å²) in [6.07, 6.45) is 0.0275. The Labute approximate surface area is 197 Å². The molecule has 1 saturated heterocycles. The van der Waals surface area contributed by atoms with Crippen molar-refractivity contribution in [1.29, 1.82) is 0 Å². The number of anilines is 1. The number of ether oxygens (including phenoxy) is 2. The Morgan fingerprint density at radius 2 is 1.85 bits per heavy atom. The molecule has 3 rings (SSSR count). The number of carbonyl (C=O) groups excluding carboxylic acids is 3. The molecule has 2 amide bonds. The average molecular weight is 470 g/mol. The Kier molecular flexibility index (Phi) is 8.48. The maximum atomic E-state index is 12.8. The fourth-order valence-corrected chi connectivity index (χ4v) is 4.45. The summed E-state index contributed by atoms with van der Waals surface area (Å²) in [7, 11) is 0. The molecular weight excluding hydrogens is 442 g/mol. The van der Waals surface area contributed by atoms with Gasteiger partial charge in [-0.1, -0.05) is 17.8 Å². The molecule has 1 N–H and O–H groups in total. The maximum Gasteiger partial charge on any atom is 0.338 e. The first-order chi connectivity index (χ1) is 15.9. The number of hydrogen-bond donors (Lipinski definition) is 1. The second kappa shape index (κ2) is 11.5. The standard InChI is InChI=1S/C24H27N3O5S/c1-4-27-22(29)20(15-21(28)25-18-8-7-9-19(14-18)31-5-2)33-24(27)26-17-12-10-16(11-13-17)23(30)32-6-3/h7-14,20H,4-6,15H2,1-3H3,(H,25,28). The van der Waals surface area contributed by atoms with Crippen LogP contribution in [0.25, 0.3) is 0 Å². The second-order valence-electron chi connectivity index (χ2n) is 7.06. The summed E-state index contributed by atoms with van der Waals surface area (Å²) < 4.78 is 10.4. The molecule has 0 radical (unpaired) electrons. The van der Waals surface area contributed by atoms with Gasteiger partial charge in [-0.25, -0.2) is 9.79 Å². The number of hydrogen-bond acceptors (Lipinski definition) is 7. The Hall–Kier alpha value is -3.33. The third-order valence-corrected chi connectivity index (χ3v) is 5.91. The zero-order chi connectivity index (χ0) is 23.8. The van der Waals surface area contributed by atoms with E-state index in [1.54, 1.807) is 54.3 Å². The molecule has 9 heteroatoms. The lowest BCUT2D eigenvalue weighted by molar-refractivity contribution is -0.128. The van der Waals surface area contributed by atoms with Crippen molar-refractivity contribution in [3.63, 3.8) is 0 Å². The van der Waals surface area contributed by atoms with E-state index in [9.17, 15) is 14.4 Å². The van der Waals surface area contributed by atoms with E-state index >= 15 is 0 Å². The number of benzene rings is 2. The molecule has 8 nitrogen and oxygen atoms in total. The lowest BCUT2D eigenvalue weighted by atomic mass is 10.2. The molecule has 0 aliphatic carbocycles. The number of nitrogens with zero attached hydrogens (tertiary/aromatic N) is 2. The van der Waals surface area contributed by atoms with Crippen molar-refractivity contribution in [3.05, 3.63) is 54.1 Å². The van der Waals surface area contributed by atoms with E-state index in [-0.39, 0.29) is 18.2 Å². The Morgan fingerprint density at radius 3 is 2.52 bits per heavy atom. The summed E-state index contributed by atoms with van der Waals surface area (Å²) in [5.41, 5.74) is 1.66. The Morgan fingerprint density at radius 1 is 1.09 bits per heavy atom. The van der Waals surface area contributed by atoms with Crippen LogP contribution in [0.3, 0.4) is 0 Å². The van der Waals surface area contributed by atoms with E-state index in [0.29, 0.717) is 47.6 Å². The number of thioether (sulfide) groups is 1. The zero-order valence-corrected chi connectivity index (χ0v) is 19.7. The van der Waals surface area contributed by atoms with E-state index in [0.717, 1.165) is 0 Å². The highest BCUT2D eigenvalue weighted by atomic mass is 32.2. The molecule has 1 heterocycles. The SMILES string of the molecule is CCOC(=O)c1ccc(N=C2SC(CC(=O)Nc3cccc(OCC)c3)C(=O)N2CC)cc1. The highest BCUT2D eigenvalue weighted by molar-refractivity contribution is 8.15. The largest absolute Gasteiger partial charge is 0.494 e. The number of esters is 1. The van der Waals surface area contributed by atoms with Crippen LogP contribution in [0.1, 0.15) is 37.6 Å². The van der Waals surface area contributed by atoms with Crippen LogP contribution < -0.4 is 10.1 Å². The van der Waals surface area contributed by atoms with Gasteiger partial charge in [-0.3, -0.25) is 14.5 Å². The van der Waals surface area contributed by atoms with E-state index < -0.39 is 11.2 Å². The lowest BCUT2D eigenvalue weighted by Gasteiger charge is -2.13. The normalized spacial score (nSPS) is 16.7.